The Morgan fingerprint density at radius 3 is 0.903 bits per heavy atom. The zero-order valence-electron chi connectivity index (χ0n) is 41.7. The highest BCUT2D eigenvalue weighted by molar-refractivity contribution is 5.71. The van der Waals surface area contributed by atoms with Crippen LogP contribution in [0.4, 0.5) is 0 Å². The second-order valence-corrected chi connectivity index (χ2v) is 18.5. The van der Waals surface area contributed by atoms with Gasteiger partial charge in [-0.05, 0) is 51.4 Å². The first-order chi connectivity index (χ1) is 30.5. The van der Waals surface area contributed by atoms with Crippen molar-refractivity contribution in [1.29, 1.82) is 0 Å². The van der Waals surface area contributed by atoms with Gasteiger partial charge in [0.15, 0.2) is 6.10 Å². The predicted molar refractivity (Wildman–Crippen MR) is 266 cm³/mol. The second kappa shape index (κ2) is 51.5. The van der Waals surface area contributed by atoms with Gasteiger partial charge in [-0.15, -0.1) is 0 Å². The van der Waals surface area contributed by atoms with Crippen LogP contribution in [-0.2, 0) is 28.6 Å². The number of carbonyl (C=O) groups is 3. The van der Waals surface area contributed by atoms with Crippen molar-refractivity contribution in [2.24, 2.45) is 0 Å². The fraction of sp³-hybridized carbons (Fsp3) is 0.875. The van der Waals surface area contributed by atoms with E-state index in [9.17, 15) is 14.4 Å². The van der Waals surface area contributed by atoms with E-state index in [1.807, 2.05) is 0 Å². The number of hydrogen-bond acceptors (Lipinski definition) is 6. The Kier molecular flexibility index (Phi) is 49.8. The highest BCUT2D eigenvalue weighted by Gasteiger charge is 2.19. The Labute approximate surface area is 385 Å². The van der Waals surface area contributed by atoms with E-state index in [1.165, 1.54) is 173 Å². The molecule has 0 aliphatic rings. The molecule has 364 valence electrons. The minimum atomic E-state index is -0.771. The molecule has 1 unspecified atom stereocenters. The van der Waals surface area contributed by atoms with Crippen molar-refractivity contribution in [3.05, 3.63) is 24.3 Å². The summed E-state index contributed by atoms with van der Waals surface area (Å²) in [5.74, 6) is -0.887. The summed E-state index contributed by atoms with van der Waals surface area (Å²) in [7, 11) is 0. The van der Waals surface area contributed by atoms with Crippen molar-refractivity contribution >= 4 is 17.9 Å². The van der Waals surface area contributed by atoms with E-state index in [1.54, 1.807) is 0 Å². The zero-order valence-corrected chi connectivity index (χ0v) is 41.7. The molecule has 0 aromatic heterocycles. The van der Waals surface area contributed by atoms with E-state index in [0.717, 1.165) is 83.5 Å². The van der Waals surface area contributed by atoms with E-state index in [-0.39, 0.29) is 31.1 Å². The van der Waals surface area contributed by atoms with Gasteiger partial charge in [-0.2, -0.15) is 0 Å². The zero-order chi connectivity index (χ0) is 45.1. The Morgan fingerprint density at radius 1 is 0.323 bits per heavy atom. The summed E-state index contributed by atoms with van der Waals surface area (Å²) in [6.45, 7) is 6.56. The van der Waals surface area contributed by atoms with E-state index in [2.05, 4.69) is 45.1 Å². The van der Waals surface area contributed by atoms with Crippen LogP contribution in [0.25, 0.3) is 0 Å². The molecule has 0 saturated carbocycles. The van der Waals surface area contributed by atoms with Crippen LogP contribution in [0, 0.1) is 0 Å². The molecule has 0 fully saturated rings. The van der Waals surface area contributed by atoms with Gasteiger partial charge >= 0.3 is 17.9 Å². The van der Waals surface area contributed by atoms with Crippen molar-refractivity contribution in [2.75, 3.05) is 13.2 Å². The number of carbonyl (C=O) groups excluding carboxylic acids is 3. The molecule has 6 nitrogen and oxygen atoms in total. The quantitative estimate of drug-likeness (QED) is 0.0262. The lowest BCUT2D eigenvalue weighted by Gasteiger charge is -2.18. The van der Waals surface area contributed by atoms with Crippen LogP contribution in [0.1, 0.15) is 297 Å². The third kappa shape index (κ3) is 48.9. The van der Waals surface area contributed by atoms with Gasteiger partial charge in [0, 0.05) is 19.3 Å². The number of unbranched alkanes of at least 4 members (excludes halogenated alkanes) is 35. The monoisotopic (exact) mass is 873 g/mol. The molecule has 0 radical (unpaired) electrons. The fourth-order valence-electron chi connectivity index (χ4n) is 8.06. The minimum absolute atomic E-state index is 0.0734. The van der Waals surface area contributed by atoms with E-state index in [0.29, 0.717) is 19.3 Å². The molecule has 0 saturated heterocycles. The van der Waals surface area contributed by atoms with Crippen LogP contribution in [0.5, 0.6) is 0 Å². The number of esters is 3. The van der Waals surface area contributed by atoms with Crippen molar-refractivity contribution in [3.8, 4) is 0 Å². The highest BCUT2D eigenvalue weighted by atomic mass is 16.6. The van der Waals surface area contributed by atoms with Gasteiger partial charge in [0.2, 0.25) is 0 Å². The van der Waals surface area contributed by atoms with Gasteiger partial charge in [-0.1, -0.05) is 251 Å². The van der Waals surface area contributed by atoms with Gasteiger partial charge < -0.3 is 14.2 Å². The lowest BCUT2D eigenvalue weighted by molar-refractivity contribution is -0.167. The summed E-state index contributed by atoms with van der Waals surface area (Å²) < 4.78 is 16.7. The van der Waals surface area contributed by atoms with Crippen LogP contribution in [0.15, 0.2) is 24.3 Å². The Bertz CT molecular complexity index is 1000. The van der Waals surface area contributed by atoms with Gasteiger partial charge in [0.25, 0.3) is 0 Å². The normalized spacial score (nSPS) is 12.1. The molecule has 0 aliphatic heterocycles. The molecular formula is C56H104O6. The van der Waals surface area contributed by atoms with Crippen LogP contribution in [0.2, 0.25) is 0 Å². The number of allylic oxidation sites excluding steroid dienone is 4. The summed E-state index contributed by atoms with van der Waals surface area (Å²) in [6, 6.07) is 0. The molecule has 0 N–H and O–H groups in total. The van der Waals surface area contributed by atoms with Crippen molar-refractivity contribution in [2.45, 2.75) is 303 Å². The van der Waals surface area contributed by atoms with Crippen LogP contribution < -0.4 is 0 Å². The average molecular weight is 873 g/mol. The highest BCUT2D eigenvalue weighted by Crippen LogP contribution is 2.17. The molecule has 1 atom stereocenters. The lowest BCUT2D eigenvalue weighted by Crippen LogP contribution is -2.30. The maximum atomic E-state index is 12.7. The summed E-state index contributed by atoms with van der Waals surface area (Å²) in [5, 5.41) is 0. The maximum Gasteiger partial charge on any atom is 0.306 e. The first-order valence-corrected chi connectivity index (χ1v) is 27.3. The average Bonchev–Trinajstić information content (AvgIpc) is 3.27. The summed E-state index contributed by atoms with van der Waals surface area (Å²) in [6.07, 6.45) is 59.3. The maximum absolute atomic E-state index is 12.7. The van der Waals surface area contributed by atoms with Crippen molar-refractivity contribution in [3.63, 3.8) is 0 Å². The first-order valence-electron chi connectivity index (χ1n) is 27.3. The minimum Gasteiger partial charge on any atom is -0.462 e. The molecule has 0 bridgehead atoms. The number of rotatable bonds is 50. The summed E-state index contributed by atoms with van der Waals surface area (Å²) in [5.41, 5.74) is 0. The van der Waals surface area contributed by atoms with Crippen LogP contribution in [-0.4, -0.2) is 37.2 Å². The third-order valence-corrected chi connectivity index (χ3v) is 12.2. The summed E-state index contributed by atoms with van der Waals surface area (Å²) >= 11 is 0. The standard InChI is InChI=1S/C56H104O6/c1-4-7-10-13-15-17-19-21-23-25-26-27-28-29-30-31-33-34-36-38-40-43-46-49-55(58)61-52-53(51-60-54(57)48-45-42-12-9-6-3)62-56(59)50-47-44-41-39-37-35-32-24-22-20-18-16-14-11-8-5-2/h18,20,24,32,53H,4-17,19,21-23,25-31,33-52H2,1-3H3/b20-18-,32-24-. The van der Waals surface area contributed by atoms with Crippen molar-refractivity contribution in [1.82, 2.24) is 0 Å². The first kappa shape index (κ1) is 59.9. The largest absolute Gasteiger partial charge is 0.462 e. The molecule has 6 heteroatoms. The van der Waals surface area contributed by atoms with E-state index in [4.69, 9.17) is 14.2 Å². The Hall–Kier alpha value is -2.11. The molecule has 62 heavy (non-hydrogen) atoms. The fourth-order valence-corrected chi connectivity index (χ4v) is 8.06. The van der Waals surface area contributed by atoms with Gasteiger partial charge in [0.05, 0.1) is 0 Å². The van der Waals surface area contributed by atoms with Gasteiger partial charge in [0.1, 0.15) is 13.2 Å². The summed E-state index contributed by atoms with van der Waals surface area (Å²) in [4.78, 5) is 37.7. The molecular weight excluding hydrogens is 769 g/mol. The third-order valence-electron chi connectivity index (χ3n) is 12.2. The SMILES string of the molecule is CCCCCC/C=C\C/C=C\CCCCCCCC(=O)OC(COC(=O)CCCCCCC)COC(=O)CCCCCCCCCCCCCCCCCCCCCCCCC. The molecule has 0 rings (SSSR count). The van der Waals surface area contributed by atoms with E-state index < -0.39 is 6.10 Å². The topological polar surface area (TPSA) is 78.9 Å². The smallest absolute Gasteiger partial charge is 0.306 e. The number of hydrogen-bond donors (Lipinski definition) is 0. The van der Waals surface area contributed by atoms with E-state index >= 15 is 0 Å². The Morgan fingerprint density at radius 2 is 0.581 bits per heavy atom. The Balaban J connectivity index is 4.06. The molecule has 0 spiro atoms. The molecule has 0 aromatic rings. The van der Waals surface area contributed by atoms with Crippen LogP contribution in [0.3, 0.4) is 0 Å². The van der Waals surface area contributed by atoms with Crippen LogP contribution >= 0.6 is 0 Å². The lowest BCUT2D eigenvalue weighted by atomic mass is 10.0. The molecule has 0 aliphatic carbocycles. The van der Waals surface area contributed by atoms with Crippen molar-refractivity contribution < 1.29 is 28.6 Å². The second-order valence-electron chi connectivity index (χ2n) is 18.5. The van der Waals surface area contributed by atoms with Gasteiger partial charge in [-0.25, -0.2) is 0 Å². The molecule has 0 aromatic carbocycles. The number of ether oxygens (including phenoxy) is 3. The predicted octanol–water partition coefficient (Wildman–Crippen LogP) is 17.9. The molecule has 0 amide bonds. The molecule has 0 heterocycles. The van der Waals surface area contributed by atoms with Gasteiger partial charge in [-0.3, -0.25) is 14.4 Å².